The fourth-order valence-corrected chi connectivity index (χ4v) is 3.29. The van der Waals surface area contributed by atoms with E-state index in [1.165, 1.54) is 0 Å². The molecule has 3 heterocycles. The highest BCUT2D eigenvalue weighted by molar-refractivity contribution is 6.14. The summed E-state index contributed by atoms with van der Waals surface area (Å²) >= 11 is 0. The quantitative estimate of drug-likeness (QED) is 0.770. The lowest BCUT2D eigenvalue weighted by Gasteiger charge is -2.27. The Kier molecular flexibility index (Phi) is 3.90. The topological polar surface area (TPSA) is 82.8 Å². The minimum atomic E-state index is -0.471. The molecule has 0 aliphatic carbocycles. The van der Waals surface area contributed by atoms with E-state index in [1.807, 2.05) is 72.8 Å². The van der Waals surface area contributed by atoms with Gasteiger partial charge >= 0.3 is 0 Å². The highest BCUT2D eigenvalue weighted by Gasteiger charge is 2.41. The average molecular weight is 368 g/mol. The molecule has 0 saturated heterocycles. The van der Waals surface area contributed by atoms with E-state index >= 15 is 0 Å². The van der Waals surface area contributed by atoms with Crippen molar-refractivity contribution in [1.29, 1.82) is 0 Å². The number of hydrogen-bond donors (Lipinski definition) is 1. The summed E-state index contributed by atoms with van der Waals surface area (Å²) in [6.45, 7) is 0. The van der Waals surface area contributed by atoms with Crippen LogP contribution in [-0.2, 0) is 4.79 Å². The van der Waals surface area contributed by atoms with E-state index in [4.69, 9.17) is 4.99 Å². The monoisotopic (exact) mass is 368 g/mol. The molecule has 2 aliphatic rings. The van der Waals surface area contributed by atoms with Gasteiger partial charge in [-0.2, -0.15) is 5.10 Å². The summed E-state index contributed by atoms with van der Waals surface area (Å²) in [5.41, 5.74) is 2.62. The molecule has 136 valence electrons. The Morgan fingerprint density at radius 2 is 1.54 bits per heavy atom. The minimum Gasteiger partial charge on any atom is -0.310 e. The first-order valence-corrected chi connectivity index (χ1v) is 8.96. The highest BCUT2D eigenvalue weighted by atomic mass is 16.2. The molecule has 7 nitrogen and oxygen atoms in total. The lowest BCUT2D eigenvalue weighted by atomic mass is 10.0. The standard InChI is InChI=1S/C21H16N6O/c28-21-16-13-22-27(20(16)23-19(24-21)15-9-5-2-6-10-15)18-12-11-17(25-26-18)14-7-3-1-4-8-14/h1-13,16,20H,(H,23,24,28). The summed E-state index contributed by atoms with van der Waals surface area (Å²) in [7, 11) is 0. The summed E-state index contributed by atoms with van der Waals surface area (Å²) in [5, 5.41) is 17.5. The van der Waals surface area contributed by atoms with Gasteiger partial charge in [-0.3, -0.25) is 4.79 Å². The second-order valence-electron chi connectivity index (χ2n) is 6.52. The number of hydrazone groups is 1. The molecule has 1 N–H and O–H groups in total. The summed E-state index contributed by atoms with van der Waals surface area (Å²) in [6, 6.07) is 23.1. The van der Waals surface area contributed by atoms with Gasteiger partial charge in [0.05, 0.1) is 5.69 Å². The SMILES string of the molecule is O=C1NC(c2ccccc2)=NC2C1C=NN2c1ccc(-c2ccccc2)nn1. The zero-order chi connectivity index (χ0) is 18.9. The molecule has 1 aromatic heterocycles. The molecule has 0 spiro atoms. The van der Waals surface area contributed by atoms with E-state index in [-0.39, 0.29) is 5.91 Å². The molecule has 1 amide bonds. The van der Waals surface area contributed by atoms with Crippen molar-refractivity contribution in [3.05, 3.63) is 78.4 Å². The van der Waals surface area contributed by atoms with Crippen molar-refractivity contribution in [2.75, 3.05) is 5.01 Å². The lowest BCUT2D eigenvalue weighted by molar-refractivity contribution is -0.122. The van der Waals surface area contributed by atoms with E-state index < -0.39 is 12.1 Å². The van der Waals surface area contributed by atoms with Crippen molar-refractivity contribution in [2.24, 2.45) is 16.0 Å². The predicted octanol–water partition coefficient (Wildman–Crippen LogP) is 2.47. The van der Waals surface area contributed by atoms with Gasteiger partial charge in [0.1, 0.15) is 11.8 Å². The number of carbonyl (C=O) groups is 1. The van der Waals surface area contributed by atoms with Crippen LogP contribution in [0.3, 0.4) is 0 Å². The first kappa shape index (κ1) is 16.3. The van der Waals surface area contributed by atoms with Gasteiger partial charge in [0.15, 0.2) is 12.0 Å². The highest BCUT2D eigenvalue weighted by Crippen LogP contribution is 2.28. The second-order valence-corrected chi connectivity index (χ2v) is 6.52. The lowest BCUT2D eigenvalue weighted by Crippen LogP contribution is -2.49. The van der Waals surface area contributed by atoms with Crippen molar-refractivity contribution >= 4 is 23.8 Å². The molecule has 0 fully saturated rings. The third-order valence-corrected chi connectivity index (χ3v) is 4.73. The fraction of sp³-hybridized carbons (Fsp3) is 0.0952. The van der Waals surface area contributed by atoms with Gasteiger partial charge in [-0.05, 0) is 12.1 Å². The fourth-order valence-electron chi connectivity index (χ4n) is 3.29. The molecule has 3 aromatic rings. The molecule has 28 heavy (non-hydrogen) atoms. The van der Waals surface area contributed by atoms with Gasteiger partial charge in [-0.1, -0.05) is 60.7 Å². The number of amidine groups is 1. The Bertz CT molecular complexity index is 1060. The largest absolute Gasteiger partial charge is 0.310 e. The first-order chi connectivity index (χ1) is 13.8. The van der Waals surface area contributed by atoms with E-state index in [9.17, 15) is 4.79 Å². The van der Waals surface area contributed by atoms with Crippen LogP contribution in [0.2, 0.25) is 0 Å². The molecule has 5 rings (SSSR count). The van der Waals surface area contributed by atoms with Crippen LogP contribution in [0.1, 0.15) is 5.56 Å². The first-order valence-electron chi connectivity index (χ1n) is 8.96. The zero-order valence-electron chi connectivity index (χ0n) is 14.8. The number of carbonyl (C=O) groups excluding carboxylic acids is 1. The molecular weight excluding hydrogens is 352 g/mol. The number of nitrogens with zero attached hydrogens (tertiary/aromatic N) is 5. The molecule has 2 atom stereocenters. The van der Waals surface area contributed by atoms with E-state index in [1.54, 1.807) is 11.2 Å². The molecule has 7 heteroatoms. The molecule has 2 unspecified atom stereocenters. The van der Waals surface area contributed by atoms with E-state index in [0.717, 1.165) is 16.8 Å². The third kappa shape index (κ3) is 2.83. The number of fused-ring (bicyclic) bond motifs is 1. The number of anilines is 1. The number of nitrogens with one attached hydrogen (secondary N) is 1. The van der Waals surface area contributed by atoms with Gasteiger partial charge in [0.2, 0.25) is 5.91 Å². The van der Waals surface area contributed by atoms with Gasteiger partial charge in [0, 0.05) is 17.3 Å². The molecule has 0 saturated carbocycles. The van der Waals surface area contributed by atoms with Crippen molar-refractivity contribution in [3.8, 4) is 11.3 Å². The van der Waals surface area contributed by atoms with Crippen LogP contribution in [-0.4, -0.2) is 34.3 Å². The van der Waals surface area contributed by atoms with Crippen molar-refractivity contribution < 1.29 is 4.79 Å². The van der Waals surface area contributed by atoms with Crippen LogP contribution >= 0.6 is 0 Å². The summed E-state index contributed by atoms with van der Waals surface area (Å²) in [6.07, 6.45) is 1.14. The van der Waals surface area contributed by atoms with Crippen LogP contribution in [0, 0.1) is 5.92 Å². The number of rotatable bonds is 3. The Morgan fingerprint density at radius 1 is 0.821 bits per heavy atom. The van der Waals surface area contributed by atoms with Crippen LogP contribution in [0.4, 0.5) is 5.82 Å². The van der Waals surface area contributed by atoms with E-state index in [2.05, 4.69) is 20.6 Å². The maximum absolute atomic E-state index is 12.5. The maximum Gasteiger partial charge on any atom is 0.238 e. The Hall–Kier alpha value is -3.87. The summed E-state index contributed by atoms with van der Waals surface area (Å²) in [4.78, 5) is 17.3. The number of benzene rings is 2. The second kappa shape index (κ2) is 6.70. The number of amides is 1. The summed E-state index contributed by atoms with van der Waals surface area (Å²) in [5.74, 6) is 0.507. The van der Waals surface area contributed by atoms with Crippen LogP contribution in [0.5, 0.6) is 0 Å². The molecule has 0 radical (unpaired) electrons. The number of aliphatic imine (C=N–C) groups is 1. The average Bonchev–Trinajstić information content (AvgIpc) is 3.20. The predicted molar refractivity (Wildman–Crippen MR) is 107 cm³/mol. The maximum atomic E-state index is 12.5. The van der Waals surface area contributed by atoms with Gasteiger partial charge in [-0.25, -0.2) is 10.0 Å². The Balaban J connectivity index is 1.46. The van der Waals surface area contributed by atoms with Gasteiger partial charge in [0.25, 0.3) is 0 Å². The van der Waals surface area contributed by atoms with Crippen molar-refractivity contribution in [2.45, 2.75) is 6.17 Å². The molecular formula is C21H16N6O. The molecule has 0 bridgehead atoms. The summed E-state index contributed by atoms with van der Waals surface area (Å²) < 4.78 is 0. The smallest absolute Gasteiger partial charge is 0.238 e. The van der Waals surface area contributed by atoms with Gasteiger partial charge < -0.3 is 5.32 Å². The number of hydrogen-bond acceptors (Lipinski definition) is 6. The normalized spacial score (nSPS) is 20.5. The van der Waals surface area contributed by atoms with Crippen LogP contribution in [0.25, 0.3) is 11.3 Å². The molecule has 2 aromatic carbocycles. The Morgan fingerprint density at radius 3 is 2.21 bits per heavy atom. The van der Waals surface area contributed by atoms with Crippen LogP contribution in [0.15, 0.2) is 82.9 Å². The third-order valence-electron chi connectivity index (χ3n) is 4.73. The number of aromatic nitrogens is 2. The van der Waals surface area contributed by atoms with Crippen molar-refractivity contribution in [1.82, 2.24) is 15.5 Å². The van der Waals surface area contributed by atoms with Gasteiger partial charge in [-0.15, -0.1) is 10.2 Å². The van der Waals surface area contributed by atoms with Crippen molar-refractivity contribution in [3.63, 3.8) is 0 Å². The van der Waals surface area contributed by atoms with E-state index in [0.29, 0.717) is 11.7 Å². The molecule has 2 aliphatic heterocycles. The Labute approximate surface area is 161 Å². The van der Waals surface area contributed by atoms with Crippen LogP contribution < -0.4 is 10.3 Å². The minimum absolute atomic E-state index is 0.126. The zero-order valence-corrected chi connectivity index (χ0v) is 14.8.